The van der Waals surface area contributed by atoms with E-state index in [0.717, 1.165) is 63.1 Å². The lowest BCUT2D eigenvalue weighted by atomic mass is 9.96. The number of nitrogens with one attached hydrogen (secondary N) is 6. The number of esters is 1. The Kier molecular flexibility index (Phi) is 35.1. The normalized spacial score (nSPS) is 12.3. The van der Waals surface area contributed by atoms with Crippen LogP contribution in [-0.4, -0.2) is 105 Å². The van der Waals surface area contributed by atoms with Gasteiger partial charge in [0, 0.05) is 32.2 Å². The lowest BCUT2D eigenvalue weighted by molar-refractivity contribution is -0.142. The van der Waals surface area contributed by atoms with Crippen LogP contribution in [0.25, 0.3) is 64.6 Å². The van der Waals surface area contributed by atoms with Crippen LogP contribution in [0, 0.1) is 0 Å². The number of ketones is 4. The molecule has 13 aromatic carbocycles. The van der Waals surface area contributed by atoms with Crippen molar-refractivity contribution in [2.45, 2.75) is 143 Å². The van der Waals surface area contributed by atoms with Crippen molar-refractivity contribution in [1.82, 2.24) is 31.9 Å². The number of amides is 2. The second-order valence-corrected chi connectivity index (χ2v) is 28.4. The minimum Gasteiger partial charge on any atom is -0.461 e. The van der Waals surface area contributed by atoms with Crippen LogP contribution in [0.2, 0.25) is 0 Å². The van der Waals surface area contributed by atoms with Crippen LogP contribution >= 0.6 is 0 Å². The summed E-state index contributed by atoms with van der Waals surface area (Å²) in [7, 11) is 7.32. The van der Waals surface area contributed by atoms with E-state index in [1.165, 1.54) is 87.5 Å². The number of carbonyl (C=O) groups is 7. The highest BCUT2D eigenvalue weighted by atomic mass is 16.5. The summed E-state index contributed by atoms with van der Waals surface area (Å²) in [6.07, 6.45) is 5.16. The molecule has 0 saturated heterocycles. The Balaban J connectivity index is 0.000000182. The molecule has 0 radical (unpaired) electrons. The van der Waals surface area contributed by atoms with Crippen molar-refractivity contribution in [3.05, 3.63) is 324 Å². The van der Waals surface area contributed by atoms with Crippen LogP contribution in [0.1, 0.15) is 100 Å². The third-order valence-electron chi connectivity index (χ3n) is 19.8. The number of carbonyl (C=O) groups excluding carboxylic acids is 7. The lowest BCUT2D eigenvalue weighted by Gasteiger charge is -2.22. The quantitative estimate of drug-likeness (QED) is 0.0267. The first-order valence-corrected chi connectivity index (χ1v) is 39.0. The molecule has 0 saturated carbocycles. The van der Waals surface area contributed by atoms with Gasteiger partial charge in [-0.25, -0.2) is 0 Å². The highest BCUT2D eigenvalue weighted by Gasteiger charge is 2.25. The average Bonchev–Trinajstić information content (AvgIpc) is 0.823. The molecule has 13 aromatic rings. The molecule has 0 aliphatic carbocycles. The van der Waals surface area contributed by atoms with Gasteiger partial charge in [0.2, 0.25) is 11.8 Å². The van der Waals surface area contributed by atoms with Crippen LogP contribution < -0.4 is 31.9 Å². The first-order chi connectivity index (χ1) is 54.7. The Bertz CT molecular complexity index is 5250. The smallest absolute Gasteiger partial charge is 0.302 e. The van der Waals surface area contributed by atoms with Gasteiger partial charge in [0.25, 0.3) is 0 Å². The molecular formula is C99H110N6O8. The van der Waals surface area contributed by atoms with E-state index in [2.05, 4.69) is 215 Å². The van der Waals surface area contributed by atoms with Gasteiger partial charge in [0.15, 0.2) is 5.78 Å². The van der Waals surface area contributed by atoms with Crippen molar-refractivity contribution in [1.29, 1.82) is 0 Å². The maximum Gasteiger partial charge on any atom is 0.302 e. The third kappa shape index (κ3) is 27.4. The zero-order valence-corrected chi connectivity index (χ0v) is 67.2. The molecule has 14 heteroatoms. The molecule has 113 heavy (non-hydrogen) atoms. The predicted octanol–water partition coefficient (Wildman–Crippen LogP) is 17.6. The van der Waals surface area contributed by atoms with Crippen LogP contribution in [0.4, 0.5) is 0 Å². The van der Waals surface area contributed by atoms with E-state index in [1.54, 1.807) is 7.05 Å². The number of ether oxygens (including phenoxy) is 1. The van der Waals surface area contributed by atoms with E-state index in [9.17, 15) is 33.6 Å². The zero-order chi connectivity index (χ0) is 81.0. The molecule has 0 aromatic heterocycles. The topological polar surface area (TPSA) is 201 Å². The number of hydrogen-bond donors (Lipinski definition) is 6. The second-order valence-electron chi connectivity index (χ2n) is 28.4. The largest absolute Gasteiger partial charge is 0.461 e. The average molecular weight is 1510 g/mol. The van der Waals surface area contributed by atoms with Gasteiger partial charge < -0.3 is 41.4 Å². The number of rotatable bonds is 27. The highest BCUT2D eigenvalue weighted by molar-refractivity contribution is 5.94. The molecular weight excluding hydrogens is 1400 g/mol. The van der Waals surface area contributed by atoms with Crippen LogP contribution in [0.15, 0.2) is 285 Å². The molecule has 6 unspecified atom stereocenters. The summed E-state index contributed by atoms with van der Waals surface area (Å²) in [5, 5.41) is 33.1. The number of benzene rings is 13. The molecule has 6 N–H and O–H groups in total. The Hall–Kier alpha value is -11.7. The maximum atomic E-state index is 13.2. The molecule has 0 heterocycles. The monoisotopic (exact) mass is 1510 g/mol. The van der Waals surface area contributed by atoms with E-state index < -0.39 is 12.1 Å². The molecule has 13 rings (SSSR count). The van der Waals surface area contributed by atoms with Gasteiger partial charge >= 0.3 is 5.97 Å². The van der Waals surface area contributed by atoms with Gasteiger partial charge in [0.05, 0.1) is 30.2 Å². The SMILES string of the molecule is CC(=O)OCc1ccccc1.CC(C)=O.CCC(=O)C(Cc1ccc2ccccc2c1)NC.CCC(=O)C(Cc1cccc2ccccc12)NC.CNC(Cc1ccc2ccccc2c1)C(=O)NC(C)Cc1ccc2ccccc2c1.CNC(Cc1cccc2ccccc12)C(=O)NC(Cc1cccc2ccccc12)C(C)=O. The highest BCUT2D eigenvalue weighted by Crippen LogP contribution is 2.25. The van der Waals surface area contributed by atoms with Crippen LogP contribution in [0.5, 0.6) is 0 Å². The lowest BCUT2D eigenvalue weighted by Crippen LogP contribution is -2.50. The third-order valence-corrected chi connectivity index (χ3v) is 19.8. The molecule has 14 nitrogen and oxygen atoms in total. The fourth-order valence-electron chi connectivity index (χ4n) is 13.6. The number of Topliss-reactive ketones (excluding diaryl/α,β-unsaturated/α-hetero) is 4. The van der Waals surface area contributed by atoms with E-state index >= 15 is 0 Å². The Morgan fingerprint density at radius 3 is 0.973 bits per heavy atom. The van der Waals surface area contributed by atoms with E-state index in [1.807, 2.05) is 144 Å². The Labute approximate surface area is 666 Å². The van der Waals surface area contributed by atoms with E-state index in [0.29, 0.717) is 38.7 Å². The zero-order valence-electron chi connectivity index (χ0n) is 67.2. The summed E-state index contributed by atoms with van der Waals surface area (Å²) < 4.78 is 4.79. The van der Waals surface area contributed by atoms with Crippen molar-refractivity contribution in [2.24, 2.45) is 0 Å². The van der Waals surface area contributed by atoms with Gasteiger partial charge in [-0.05, 0) is 192 Å². The Morgan fingerprint density at radius 2 is 0.602 bits per heavy atom. The summed E-state index contributed by atoms with van der Waals surface area (Å²) in [6.45, 7) is 12.3. The maximum absolute atomic E-state index is 13.2. The van der Waals surface area contributed by atoms with Crippen molar-refractivity contribution in [3.63, 3.8) is 0 Å². The fourth-order valence-corrected chi connectivity index (χ4v) is 13.6. The number of fused-ring (bicyclic) bond motifs is 6. The summed E-state index contributed by atoms with van der Waals surface area (Å²) in [5.41, 5.74) is 8.00. The summed E-state index contributed by atoms with van der Waals surface area (Å²) in [4.78, 5) is 81.9. The standard InChI is InChI=1S/C28H28N2O2.C27H28N2O.2C16H19NO.C9H10O2.C3H6O/c1-19(31)26(17-22-13-7-11-20-9-3-5-15-24(20)22)30-28(32)27(29-2)18-23-14-8-12-21-10-4-6-16-25(21)23;1-19(15-20-11-13-22-7-3-5-9-24(22)16-20)29-27(30)26(28-2)18-21-12-14-23-8-4-6-10-25(23)17-21;1-3-16(18)15(17-2)11-13-9-6-8-12-7-4-5-10-14(12)13;1-3-16(18)15(17-2)11-12-8-9-13-6-4-5-7-14(13)10-12;1-8(10)11-7-9-5-3-2-4-6-9;1-3(2)4/h3-16,26-27,29H,17-18H2,1-2H3,(H,30,32);3-14,16-17,19,26,28H,15,18H2,1-2H3,(H,29,30);2*4-10,15,17H,3,11H2,1-2H3;2-6H,7H2,1H3;1-2H3. The number of hydrogen-bond acceptors (Lipinski definition) is 12. The van der Waals surface area contributed by atoms with Gasteiger partial charge in [-0.3, -0.25) is 28.8 Å². The first-order valence-electron chi connectivity index (χ1n) is 39.0. The molecule has 6 atom stereocenters. The van der Waals surface area contributed by atoms with Crippen LogP contribution in [-0.2, 0) is 83.4 Å². The fraction of sp³-hybridized carbons (Fsp3) is 0.263. The van der Waals surface area contributed by atoms with Gasteiger partial charge in [-0.15, -0.1) is 0 Å². The molecule has 584 valence electrons. The second kappa shape index (κ2) is 45.6. The van der Waals surface area contributed by atoms with Crippen molar-refractivity contribution in [2.75, 3.05) is 28.2 Å². The summed E-state index contributed by atoms with van der Waals surface area (Å²) >= 11 is 0. The van der Waals surface area contributed by atoms with Crippen LogP contribution in [0.3, 0.4) is 0 Å². The molecule has 0 aliphatic heterocycles. The molecule has 0 aliphatic rings. The molecule has 0 spiro atoms. The van der Waals surface area contributed by atoms with Crippen molar-refractivity contribution < 1.29 is 38.3 Å². The van der Waals surface area contributed by atoms with Gasteiger partial charge in [0.1, 0.15) is 24.0 Å². The predicted molar refractivity (Wildman–Crippen MR) is 466 cm³/mol. The summed E-state index contributed by atoms with van der Waals surface area (Å²) in [6, 6.07) is 95.6. The first kappa shape index (κ1) is 86.9. The minimum absolute atomic E-state index is 0.0407. The van der Waals surface area contributed by atoms with Crippen molar-refractivity contribution in [3.8, 4) is 0 Å². The van der Waals surface area contributed by atoms with Gasteiger partial charge in [-0.1, -0.05) is 299 Å². The van der Waals surface area contributed by atoms with E-state index in [-0.39, 0.29) is 65.1 Å². The molecule has 0 bridgehead atoms. The number of likely N-dealkylation sites (N-methyl/N-ethyl adjacent to an activating group) is 4. The van der Waals surface area contributed by atoms with Crippen molar-refractivity contribution >= 4 is 106 Å². The summed E-state index contributed by atoms with van der Waals surface area (Å²) in [5.74, 6) is 0.288. The Morgan fingerprint density at radius 1 is 0.301 bits per heavy atom. The minimum atomic E-state index is -0.573. The van der Waals surface area contributed by atoms with Gasteiger partial charge in [-0.2, -0.15) is 0 Å². The molecule has 2 amide bonds. The molecule has 0 fully saturated rings. The van der Waals surface area contributed by atoms with E-state index in [4.69, 9.17) is 4.74 Å².